The van der Waals surface area contributed by atoms with Crippen LogP contribution in [0.5, 0.6) is 11.5 Å². The molecular weight excluding hydrogens is 254 g/mol. The number of anilines is 1. The second kappa shape index (κ2) is 4.93. The summed E-state index contributed by atoms with van der Waals surface area (Å²) in [5, 5.41) is 0. The smallest absolute Gasteiger partial charge is 0.255 e. The minimum Gasteiger partial charge on any atom is -0.453 e. The number of amides is 1. The third-order valence-electron chi connectivity index (χ3n) is 2.40. The molecule has 0 spiro atoms. The lowest BCUT2D eigenvalue weighted by molar-refractivity contribution is 0.0994. The second-order valence-corrected chi connectivity index (χ2v) is 3.77. The lowest BCUT2D eigenvalue weighted by Gasteiger charge is -2.10. The van der Waals surface area contributed by atoms with Crippen LogP contribution in [0, 0.1) is 11.6 Å². The molecule has 0 atom stereocenters. The van der Waals surface area contributed by atoms with Crippen LogP contribution in [0.1, 0.15) is 10.4 Å². The Morgan fingerprint density at radius 2 is 1.79 bits per heavy atom. The van der Waals surface area contributed by atoms with Crippen molar-refractivity contribution in [3.05, 3.63) is 53.6 Å². The Morgan fingerprint density at radius 1 is 1.05 bits per heavy atom. The van der Waals surface area contributed by atoms with Crippen LogP contribution in [0.15, 0.2) is 36.4 Å². The van der Waals surface area contributed by atoms with Gasteiger partial charge in [-0.1, -0.05) is 6.07 Å². The predicted octanol–water partition coefficient (Wildman–Crippen LogP) is 2.44. The van der Waals surface area contributed by atoms with E-state index in [2.05, 4.69) is 0 Å². The van der Waals surface area contributed by atoms with Crippen molar-refractivity contribution < 1.29 is 18.3 Å². The molecule has 2 aromatic carbocycles. The van der Waals surface area contributed by atoms with Gasteiger partial charge in [0.1, 0.15) is 17.1 Å². The maximum atomic E-state index is 13.6. The molecule has 0 bridgehead atoms. The number of halogens is 2. The number of carbonyl (C=O) groups is 1. The zero-order chi connectivity index (χ0) is 14.0. The molecular formula is C13H10F2N2O2. The largest absolute Gasteiger partial charge is 0.453 e. The highest BCUT2D eigenvalue weighted by atomic mass is 19.1. The van der Waals surface area contributed by atoms with Gasteiger partial charge in [0.05, 0.1) is 0 Å². The van der Waals surface area contributed by atoms with Crippen molar-refractivity contribution in [1.29, 1.82) is 0 Å². The molecule has 0 heterocycles. The summed E-state index contributed by atoms with van der Waals surface area (Å²) in [5.74, 6) is -2.89. The molecule has 0 aromatic heterocycles. The summed E-state index contributed by atoms with van der Waals surface area (Å²) < 4.78 is 32.2. The van der Waals surface area contributed by atoms with Gasteiger partial charge in [0.15, 0.2) is 11.6 Å². The third-order valence-corrected chi connectivity index (χ3v) is 2.40. The van der Waals surface area contributed by atoms with Crippen molar-refractivity contribution in [3.8, 4) is 11.5 Å². The highest BCUT2D eigenvalue weighted by Gasteiger charge is 2.16. The molecule has 6 heteroatoms. The van der Waals surface area contributed by atoms with Crippen LogP contribution < -0.4 is 16.2 Å². The Balaban J connectivity index is 2.44. The average molecular weight is 264 g/mol. The molecule has 4 N–H and O–H groups in total. The molecule has 1 amide bonds. The van der Waals surface area contributed by atoms with Crippen LogP contribution in [-0.4, -0.2) is 5.91 Å². The molecule has 2 rings (SSSR count). The summed E-state index contributed by atoms with van der Waals surface area (Å²) in [5.41, 5.74) is 10.2. The van der Waals surface area contributed by atoms with Gasteiger partial charge in [0, 0.05) is 11.8 Å². The van der Waals surface area contributed by atoms with E-state index in [1.54, 1.807) is 0 Å². The van der Waals surface area contributed by atoms with E-state index in [-0.39, 0.29) is 17.2 Å². The summed E-state index contributed by atoms with van der Waals surface area (Å²) in [6, 6.07) is 7.46. The molecule has 4 nitrogen and oxygen atoms in total. The fourth-order valence-corrected chi connectivity index (χ4v) is 1.55. The van der Waals surface area contributed by atoms with Crippen LogP contribution in [0.4, 0.5) is 14.5 Å². The Labute approximate surface area is 107 Å². The topological polar surface area (TPSA) is 78.3 Å². The summed E-state index contributed by atoms with van der Waals surface area (Å²) >= 11 is 0. The molecule has 2 aromatic rings. The molecule has 19 heavy (non-hydrogen) atoms. The molecule has 0 aliphatic carbocycles. The van der Waals surface area contributed by atoms with Gasteiger partial charge in [-0.2, -0.15) is 0 Å². The Morgan fingerprint density at radius 3 is 2.42 bits per heavy atom. The van der Waals surface area contributed by atoms with Crippen molar-refractivity contribution in [2.45, 2.75) is 0 Å². The van der Waals surface area contributed by atoms with E-state index in [0.717, 1.165) is 12.1 Å². The van der Waals surface area contributed by atoms with Crippen molar-refractivity contribution in [2.75, 3.05) is 5.73 Å². The van der Waals surface area contributed by atoms with E-state index in [1.165, 1.54) is 24.3 Å². The fourth-order valence-electron chi connectivity index (χ4n) is 1.55. The summed E-state index contributed by atoms with van der Waals surface area (Å²) in [7, 11) is 0. The van der Waals surface area contributed by atoms with E-state index in [4.69, 9.17) is 16.2 Å². The minimum absolute atomic E-state index is 0.156. The van der Waals surface area contributed by atoms with Gasteiger partial charge in [-0.05, 0) is 24.3 Å². The van der Waals surface area contributed by atoms with E-state index < -0.39 is 23.1 Å². The van der Waals surface area contributed by atoms with Crippen molar-refractivity contribution in [1.82, 2.24) is 0 Å². The lowest BCUT2D eigenvalue weighted by Crippen LogP contribution is -2.14. The zero-order valence-corrected chi connectivity index (χ0v) is 9.69. The Bertz CT molecular complexity index is 645. The summed E-state index contributed by atoms with van der Waals surface area (Å²) in [6.45, 7) is 0. The highest BCUT2D eigenvalue weighted by molar-refractivity contribution is 5.96. The SMILES string of the molecule is NC(=O)c1c(F)cccc1Oc1ccc(N)cc1F. The van der Waals surface area contributed by atoms with Crippen LogP contribution >= 0.6 is 0 Å². The number of nitrogen functional groups attached to an aromatic ring is 1. The van der Waals surface area contributed by atoms with Gasteiger partial charge >= 0.3 is 0 Å². The molecule has 0 radical (unpaired) electrons. The molecule has 98 valence electrons. The second-order valence-electron chi connectivity index (χ2n) is 3.77. The number of benzene rings is 2. The molecule has 0 saturated heterocycles. The maximum absolute atomic E-state index is 13.6. The number of hydrogen-bond acceptors (Lipinski definition) is 3. The standard InChI is InChI=1S/C13H10F2N2O2/c14-8-2-1-3-11(12(8)13(17)18)19-10-5-4-7(16)6-9(10)15/h1-6H,16H2,(H2,17,18). The average Bonchev–Trinajstić information content (AvgIpc) is 2.32. The number of hydrogen-bond donors (Lipinski definition) is 2. The van der Waals surface area contributed by atoms with Crippen LogP contribution in [0.2, 0.25) is 0 Å². The normalized spacial score (nSPS) is 10.2. The van der Waals surface area contributed by atoms with E-state index in [1.807, 2.05) is 0 Å². The van der Waals surface area contributed by atoms with Crippen LogP contribution in [0.3, 0.4) is 0 Å². The van der Waals surface area contributed by atoms with Crippen LogP contribution in [-0.2, 0) is 0 Å². The Kier molecular flexibility index (Phi) is 3.33. The monoisotopic (exact) mass is 264 g/mol. The van der Waals surface area contributed by atoms with Crippen molar-refractivity contribution in [2.24, 2.45) is 5.73 Å². The quantitative estimate of drug-likeness (QED) is 0.836. The van der Waals surface area contributed by atoms with Gasteiger partial charge in [-0.25, -0.2) is 8.78 Å². The predicted molar refractivity (Wildman–Crippen MR) is 65.8 cm³/mol. The highest BCUT2D eigenvalue weighted by Crippen LogP contribution is 2.29. The van der Waals surface area contributed by atoms with E-state index in [9.17, 15) is 13.6 Å². The number of carbonyl (C=O) groups excluding carboxylic acids is 1. The fraction of sp³-hybridized carbons (Fsp3) is 0. The first-order valence-corrected chi connectivity index (χ1v) is 5.30. The van der Waals surface area contributed by atoms with Gasteiger partial charge in [0.2, 0.25) is 0 Å². The van der Waals surface area contributed by atoms with Gasteiger partial charge in [-0.15, -0.1) is 0 Å². The Hall–Kier alpha value is -2.63. The molecule has 0 aliphatic rings. The minimum atomic E-state index is -0.996. The molecule has 0 fully saturated rings. The first-order valence-electron chi connectivity index (χ1n) is 5.30. The first-order chi connectivity index (χ1) is 8.99. The first kappa shape index (κ1) is 12.8. The summed E-state index contributed by atoms with van der Waals surface area (Å²) in [4.78, 5) is 11.2. The molecule has 0 aliphatic heterocycles. The van der Waals surface area contributed by atoms with Gasteiger partial charge in [0.25, 0.3) is 5.91 Å². The summed E-state index contributed by atoms with van der Waals surface area (Å²) in [6.07, 6.45) is 0. The maximum Gasteiger partial charge on any atom is 0.255 e. The van der Waals surface area contributed by atoms with E-state index in [0.29, 0.717) is 0 Å². The third kappa shape index (κ3) is 2.62. The van der Waals surface area contributed by atoms with Gasteiger partial charge in [-0.3, -0.25) is 4.79 Å². The number of rotatable bonds is 3. The number of ether oxygens (including phenoxy) is 1. The zero-order valence-electron chi connectivity index (χ0n) is 9.69. The number of primary amides is 1. The van der Waals surface area contributed by atoms with Crippen LogP contribution in [0.25, 0.3) is 0 Å². The molecule has 0 saturated carbocycles. The van der Waals surface area contributed by atoms with Gasteiger partial charge < -0.3 is 16.2 Å². The lowest BCUT2D eigenvalue weighted by atomic mass is 10.2. The molecule has 0 unspecified atom stereocenters. The van der Waals surface area contributed by atoms with E-state index >= 15 is 0 Å². The van der Waals surface area contributed by atoms with Crippen molar-refractivity contribution >= 4 is 11.6 Å². The number of nitrogens with two attached hydrogens (primary N) is 2. The van der Waals surface area contributed by atoms with Crippen molar-refractivity contribution in [3.63, 3.8) is 0 Å².